The summed E-state index contributed by atoms with van der Waals surface area (Å²) in [5.41, 5.74) is 2.49. The molecule has 1 aliphatic rings. The largest absolute Gasteiger partial charge is 0.312 e. The van der Waals surface area contributed by atoms with Crippen molar-refractivity contribution in [3.63, 3.8) is 0 Å². The highest BCUT2D eigenvalue weighted by molar-refractivity contribution is 8.00. The maximum atomic E-state index is 4.57. The number of nitrogens with zero attached hydrogens (tertiary/aromatic N) is 1. The Balaban J connectivity index is 2.06. The number of pyridine rings is 1. The van der Waals surface area contributed by atoms with Crippen molar-refractivity contribution in [1.29, 1.82) is 0 Å². The summed E-state index contributed by atoms with van der Waals surface area (Å²) in [5, 5.41) is 5.41. The SMILES string of the molecule is CNC(c1cccc2cccnc12)C1CCCS1. The van der Waals surface area contributed by atoms with Gasteiger partial charge >= 0.3 is 0 Å². The molecule has 2 nitrogen and oxygen atoms in total. The van der Waals surface area contributed by atoms with Crippen LogP contribution < -0.4 is 5.32 Å². The van der Waals surface area contributed by atoms with E-state index >= 15 is 0 Å². The van der Waals surface area contributed by atoms with Crippen molar-refractivity contribution < 1.29 is 0 Å². The first-order valence-corrected chi connectivity index (χ1v) is 7.57. The fourth-order valence-electron chi connectivity index (χ4n) is 2.79. The number of hydrogen-bond acceptors (Lipinski definition) is 3. The summed E-state index contributed by atoms with van der Waals surface area (Å²) in [6.07, 6.45) is 4.53. The van der Waals surface area contributed by atoms with Crippen LogP contribution in [0.5, 0.6) is 0 Å². The Hall–Kier alpha value is -1.06. The van der Waals surface area contributed by atoms with E-state index in [0.29, 0.717) is 11.3 Å². The minimum Gasteiger partial charge on any atom is -0.312 e. The van der Waals surface area contributed by atoms with E-state index in [9.17, 15) is 0 Å². The van der Waals surface area contributed by atoms with Gasteiger partial charge in [0.2, 0.25) is 0 Å². The topological polar surface area (TPSA) is 24.9 Å². The van der Waals surface area contributed by atoms with E-state index in [1.165, 1.54) is 29.5 Å². The van der Waals surface area contributed by atoms with Crippen molar-refractivity contribution in [2.45, 2.75) is 24.1 Å². The second-order valence-electron chi connectivity index (χ2n) is 4.74. The number of benzene rings is 1. The van der Waals surface area contributed by atoms with E-state index in [-0.39, 0.29) is 0 Å². The fraction of sp³-hybridized carbons (Fsp3) is 0.400. The van der Waals surface area contributed by atoms with Gasteiger partial charge in [-0.3, -0.25) is 4.98 Å². The Morgan fingerprint density at radius 2 is 2.22 bits per heavy atom. The third kappa shape index (κ3) is 2.13. The number of para-hydroxylation sites is 1. The molecule has 3 heteroatoms. The van der Waals surface area contributed by atoms with Gasteiger partial charge in [0, 0.05) is 22.9 Å². The van der Waals surface area contributed by atoms with E-state index in [1.807, 2.05) is 12.3 Å². The van der Waals surface area contributed by atoms with Crippen LogP contribution in [0, 0.1) is 0 Å². The molecule has 1 N–H and O–H groups in total. The monoisotopic (exact) mass is 258 g/mol. The molecule has 3 rings (SSSR count). The number of aromatic nitrogens is 1. The normalized spacial score (nSPS) is 21.3. The van der Waals surface area contributed by atoms with Gasteiger partial charge in [0.05, 0.1) is 5.52 Å². The molecule has 2 heterocycles. The van der Waals surface area contributed by atoms with Gasteiger partial charge in [-0.2, -0.15) is 11.8 Å². The summed E-state index contributed by atoms with van der Waals surface area (Å²) >= 11 is 2.09. The van der Waals surface area contributed by atoms with E-state index in [0.717, 1.165) is 5.52 Å². The Kier molecular flexibility index (Phi) is 3.52. The maximum Gasteiger partial charge on any atom is 0.0750 e. The lowest BCUT2D eigenvalue weighted by Gasteiger charge is -2.23. The van der Waals surface area contributed by atoms with E-state index in [4.69, 9.17) is 0 Å². The molecule has 0 aliphatic carbocycles. The van der Waals surface area contributed by atoms with Gasteiger partial charge in [0.1, 0.15) is 0 Å². The molecule has 0 saturated carbocycles. The zero-order valence-corrected chi connectivity index (χ0v) is 11.4. The van der Waals surface area contributed by atoms with Crippen molar-refractivity contribution >= 4 is 22.7 Å². The molecule has 0 radical (unpaired) electrons. The van der Waals surface area contributed by atoms with Crippen molar-refractivity contribution in [2.75, 3.05) is 12.8 Å². The number of hydrogen-bond donors (Lipinski definition) is 1. The molecule has 1 fully saturated rings. The molecular weight excluding hydrogens is 240 g/mol. The molecule has 0 spiro atoms. The van der Waals surface area contributed by atoms with Crippen LogP contribution in [0.3, 0.4) is 0 Å². The number of rotatable bonds is 3. The van der Waals surface area contributed by atoms with Crippen molar-refractivity contribution in [2.24, 2.45) is 0 Å². The van der Waals surface area contributed by atoms with Crippen molar-refractivity contribution in [1.82, 2.24) is 10.3 Å². The summed E-state index contributed by atoms with van der Waals surface area (Å²) in [6.45, 7) is 0. The molecule has 1 aromatic carbocycles. The lowest BCUT2D eigenvalue weighted by molar-refractivity contribution is 0.554. The lowest BCUT2D eigenvalue weighted by atomic mass is 9.98. The van der Waals surface area contributed by atoms with Gasteiger partial charge in [-0.1, -0.05) is 24.3 Å². The zero-order valence-electron chi connectivity index (χ0n) is 10.6. The third-order valence-corrected chi connectivity index (χ3v) is 5.11. The Labute approximate surface area is 112 Å². The highest BCUT2D eigenvalue weighted by Crippen LogP contribution is 2.37. The van der Waals surface area contributed by atoms with Gasteiger partial charge in [-0.05, 0) is 37.3 Å². The van der Waals surface area contributed by atoms with Crippen LogP contribution >= 0.6 is 11.8 Å². The van der Waals surface area contributed by atoms with Gasteiger partial charge in [0.15, 0.2) is 0 Å². The van der Waals surface area contributed by atoms with E-state index in [2.05, 4.69) is 53.4 Å². The fourth-order valence-corrected chi connectivity index (χ4v) is 4.23. The molecule has 0 bridgehead atoms. The van der Waals surface area contributed by atoms with Crippen LogP contribution in [0.1, 0.15) is 24.4 Å². The van der Waals surface area contributed by atoms with Gasteiger partial charge < -0.3 is 5.32 Å². The summed E-state index contributed by atoms with van der Waals surface area (Å²) in [5.74, 6) is 1.29. The Morgan fingerprint density at radius 3 is 3.00 bits per heavy atom. The first-order chi connectivity index (χ1) is 8.90. The predicted molar refractivity (Wildman–Crippen MR) is 79.0 cm³/mol. The summed E-state index contributed by atoms with van der Waals surface area (Å²) in [6, 6.07) is 11.1. The van der Waals surface area contributed by atoms with E-state index in [1.54, 1.807) is 0 Å². The number of thioether (sulfide) groups is 1. The van der Waals surface area contributed by atoms with Crippen LogP contribution in [-0.4, -0.2) is 23.0 Å². The minimum absolute atomic E-state index is 0.413. The van der Waals surface area contributed by atoms with Gasteiger partial charge in [0.25, 0.3) is 0 Å². The molecule has 18 heavy (non-hydrogen) atoms. The quantitative estimate of drug-likeness (QED) is 0.913. The highest BCUT2D eigenvalue weighted by atomic mass is 32.2. The second kappa shape index (κ2) is 5.29. The Bertz CT molecular complexity index is 530. The molecule has 2 atom stereocenters. The highest BCUT2D eigenvalue weighted by Gasteiger charge is 2.27. The molecule has 1 saturated heterocycles. The van der Waals surface area contributed by atoms with Gasteiger partial charge in [-0.15, -0.1) is 0 Å². The average molecular weight is 258 g/mol. The molecule has 1 aromatic heterocycles. The van der Waals surface area contributed by atoms with Crippen molar-refractivity contribution in [3.8, 4) is 0 Å². The summed E-state index contributed by atoms with van der Waals surface area (Å²) < 4.78 is 0. The number of fused-ring (bicyclic) bond motifs is 1. The smallest absolute Gasteiger partial charge is 0.0750 e. The predicted octanol–water partition coefficient (Wildman–Crippen LogP) is 3.39. The molecule has 2 unspecified atom stereocenters. The lowest BCUT2D eigenvalue weighted by Crippen LogP contribution is -2.26. The molecule has 0 amide bonds. The summed E-state index contributed by atoms with van der Waals surface area (Å²) in [4.78, 5) is 4.57. The molecule has 2 aromatic rings. The van der Waals surface area contributed by atoms with E-state index < -0.39 is 0 Å². The standard InChI is InChI=1S/C15H18N2S/c1-16-15(13-8-4-10-18-13)12-7-2-5-11-6-3-9-17-14(11)12/h2-3,5-7,9,13,15-16H,4,8,10H2,1H3. The maximum absolute atomic E-state index is 4.57. The van der Waals surface area contributed by atoms with Crippen LogP contribution in [0.25, 0.3) is 10.9 Å². The molecule has 1 aliphatic heterocycles. The van der Waals surface area contributed by atoms with Crippen LogP contribution in [-0.2, 0) is 0 Å². The van der Waals surface area contributed by atoms with Crippen LogP contribution in [0.4, 0.5) is 0 Å². The zero-order chi connectivity index (χ0) is 12.4. The molecule has 94 valence electrons. The third-order valence-electron chi connectivity index (χ3n) is 3.65. The summed E-state index contributed by atoms with van der Waals surface area (Å²) in [7, 11) is 2.06. The number of nitrogens with one attached hydrogen (secondary N) is 1. The minimum atomic E-state index is 0.413. The Morgan fingerprint density at radius 1 is 1.33 bits per heavy atom. The van der Waals surface area contributed by atoms with Crippen molar-refractivity contribution in [3.05, 3.63) is 42.1 Å². The molecular formula is C15H18N2S. The second-order valence-corrected chi connectivity index (χ2v) is 6.09. The first kappa shape index (κ1) is 12.0. The average Bonchev–Trinajstić information content (AvgIpc) is 2.94. The first-order valence-electron chi connectivity index (χ1n) is 6.52. The van der Waals surface area contributed by atoms with Gasteiger partial charge in [-0.25, -0.2) is 0 Å². The van der Waals surface area contributed by atoms with Crippen LogP contribution in [0.2, 0.25) is 0 Å². The van der Waals surface area contributed by atoms with Crippen LogP contribution in [0.15, 0.2) is 36.5 Å².